The first-order valence-electron chi connectivity index (χ1n) is 4.73. The lowest BCUT2D eigenvalue weighted by Gasteiger charge is -1.98. The first kappa shape index (κ1) is 9.96. The van der Waals surface area contributed by atoms with Crippen LogP contribution in [0.2, 0.25) is 0 Å². The van der Waals surface area contributed by atoms with E-state index in [9.17, 15) is 4.79 Å². The summed E-state index contributed by atoms with van der Waals surface area (Å²) in [5.41, 5.74) is 1.15. The second-order valence-electron chi connectivity index (χ2n) is 3.43. The minimum absolute atomic E-state index is 0.0966. The molecule has 3 heteroatoms. The summed E-state index contributed by atoms with van der Waals surface area (Å²) >= 11 is 0. The lowest BCUT2D eigenvalue weighted by atomic mass is 10.1. The molecular formula is C10H16N2O. The molecule has 0 saturated carbocycles. The standard InChI is InChI=1S/C10H16N2O/c1-3-4-12-7-10(6-11-12)5-9(2)8-13/h6-9H,3-5H2,1-2H3. The Balaban J connectivity index is 2.53. The van der Waals surface area contributed by atoms with E-state index in [1.54, 1.807) is 0 Å². The Morgan fingerprint density at radius 1 is 1.69 bits per heavy atom. The quantitative estimate of drug-likeness (QED) is 0.646. The average molecular weight is 180 g/mol. The molecule has 1 aromatic heterocycles. The molecule has 13 heavy (non-hydrogen) atoms. The molecule has 0 amide bonds. The fourth-order valence-electron chi connectivity index (χ4n) is 1.28. The summed E-state index contributed by atoms with van der Waals surface area (Å²) in [6.45, 7) is 5.00. The van der Waals surface area contributed by atoms with Gasteiger partial charge in [0, 0.05) is 18.7 Å². The van der Waals surface area contributed by atoms with Crippen LogP contribution in [-0.2, 0) is 17.8 Å². The summed E-state index contributed by atoms with van der Waals surface area (Å²) in [7, 11) is 0. The zero-order valence-corrected chi connectivity index (χ0v) is 8.23. The van der Waals surface area contributed by atoms with Crippen molar-refractivity contribution in [2.24, 2.45) is 5.92 Å². The van der Waals surface area contributed by atoms with Crippen LogP contribution in [0.3, 0.4) is 0 Å². The Hall–Kier alpha value is -1.12. The Labute approximate surface area is 78.8 Å². The molecule has 0 saturated heterocycles. The molecule has 1 aromatic rings. The van der Waals surface area contributed by atoms with Crippen LogP contribution < -0.4 is 0 Å². The van der Waals surface area contributed by atoms with Crippen LogP contribution in [-0.4, -0.2) is 16.1 Å². The molecule has 1 atom stereocenters. The molecule has 0 fully saturated rings. The molecule has 0 bridgehead atoms. The smallest absolute Gasteiger partial charge is 0.123 e. The summed E-state index contributed by atoms with van der Waals surface area (Å²) < 4.78 is 1.92. The van der Waals surface area contributed by atoms with Crippen LogP contribution in [0.1, 0.15) is 25.8 Å². The van der Waals surface area contributed by atoms with Gasteiger partial charge in [0.1, 0.15) is 6.29 Å². The SMILES string of the molecule is CCCn1cc(CC(C)C=O)cn1. The minimum atomic E-state index is 0.0966. The van der Waals surface area contributed by atoms with Crippen molar-refractivity contribution < 1.29 is 4.79 Å². The molecule has 0 aliphatic rings. The van der Waals surface area contributed by atoms with Crippen molar-refractivity contribution >= 4 is 6.29 Å². The Bertz CT molecular complexity index is 268. The van der Waals surface area contributed by atoms with Crippen molar-refractivity contribution in [3.8, 4) is 0 Å². The van der Waals surface area contributed by atoms with E-state index in [4.69, 9.17) is 0 Å². The molecule has 72 valence electrons. The van der Waals surface area contributed by atoms with Gasteiger partial charge >= 0.3 is 0 Å². The second-order valence-corrected chi connectivity index (χ2v) is 3.43. The van der Waals surface area contributed by atoms with Gasteiger partial charge in [-0.2, -0.15) is 5.10 Å². The average Bonchev–Trinajstić information content (AvgIpc) is 2.53. The topological polar surface area (TPSA) is 34.9 Å². The van der Waals surface area contributed by atoms with E-state index >= 15 is 0 Å². The Morgan fingerprint density at radius 3 is 3.08 bits per heavy atom. The highest BCUT2D eigenvalue weighted by Crippen LogP contribution is 2.05. The molecule has 0 radical (unpaired) electrons. The predicted molar refractivity (Wildman–Crippen MR) is 51.5 cm³/mol. The molecule has 3 nitrogen and oxygen atoms in total. The number of rotatable bonds is 5. The van der Waals surface area contributed by atoms with Gasteiger partial charge in [0.05, 0.1) is 6.20 Å². The summed E-state index contributed by atoms with van der Waals surface area (Å²) in [6.07, 6.45) is 6.73. The summed E-state index contributed by atoms with van der Waals surface area (Å²) in [6, 6.07) is 0. The molecular weight excluding hydrogens is 164 g/mol. The van der Waals surface area contributed by atoms with Gasteiger partial charge in [-0.3, -0.25) is 4.68 Å². The minimum Gasteiger partial charge on any atom is -0.303 e. The van der Waals surface area contributed by atoms with Crippen molar-refractivity contribution in [1.29, 1.82) is 0 Å². The van der Waals surface area contributed by atoms with Crippen LogP contribution in [0, 0.1) is 5.92 Å². The lowest BCUT2D eigenvalue weighted by Crippen LogP contribution is -2.00. The zero-order valence-electron chi connectivity index (χ0n) is 8.23. The van der Waals surface area contributed by atoms with Crippen molar-refractivity contribution in [2.75, 3.05) is 0 Å². The number of hydrogen-bond acceptors (Lipinski definition) is 2. The number of carbonyl (C=O) groups is 1. The molecule has 0 aromatic carbocycles. The molecule has 0 spiro atoms. The van der Waals surface area contributed by atoms with Gasteiger partial charge in [0.2, 0.25) is 0 Å². The van der Waals surface area contributed by atoms with Gasteiger partial charge in [0.25, 0.3) is 0 Å². The summed E-state index contributed by atoms with van der Waals surface area (Å²) in [5.74, 6) is 0.0966. The molecule has 1 unspecified atom stereocenters. The van der Waals surface area contributed by atoms with Gasteiger partial charge in [-0.25, -0.2) is 0 Å². The highest BCUT2D eigenvalue weighted by molar-refractivity contribution is 5.53. The Morgan fingerprint density at radius 2 is 2.46 bits per heavy atom. The predicted octanol–water partition coefficient (Wildman–Crippen LogP) is 1.67. The fourth-order valence-corrected chi connectivity index (χ4v) is 1.28. The van der Waals surface area contributed by atoms with Crippen LogP contribution in [0.4, 0.5) is 0 Å². The largest absolute Gasteiger partial charge is 0.303 e. The van der Waals surface area contributed by atoms with Crippen molar-refractivity contribution in [3.63, 3.8) is 0 Å². The van der Waals surface area contributed by atoms with Crippen LogP contribution in [0.5, 0.6) is 0 Å². The molecule has 1 rings (SSSR count). The number of carbonyl (C=O) groups excluding carboxylic acids is 1. The van der Waals surface area contributed by atoms with Gasteiger partial charge in [0.15, 0.2) is 0 Å². The van der Waals surface area contributed by atoms with E-state index < -0.39 is 0 Å². The number of aryl methyl sites for hydroxylation is 1. The third-order valence-electron chi connectivity index (χ3n) is 1.93. The molecule has 0 aliphatic carbocycles. The normalized spacial score (nSPS) is 12.8. The van der Waals surface area contributed by atoms with Gasteiger partial charge < -0.3 is 4.79 Å². The van der Waals surface area contributed by atoms with Gasteiger partial charge in [-0.1, -0.05) is 13.8 Å². The maximum Gasteiger partial charge on any atom is 0.123 e. The first-order valence-corrected chi connectivity index (χ1v) is 4.73. The molecule has 0 N–H and O–H groups in total. The maximum absolute atomic E-state index is 10.4. The number of hydrogen-bond donors (Lipinski definition) is 0. The molecule has 0 aliphatic heterocycles. The maximum atomic E-state index is 10.4. The second kappa shape index (κ2) is 4.80. The van der Waals surface area contributed by atoms with Gasteiger partial charge in [-0.05, 0) is 18.4 Å². The van der Waals surface area contributed by atoms with E-state index in [1.165, 1.54) is 0 Å². The zero-order chi connectivity index (χ0) is 9.68. The summed E-state index contributed by atoms with van der Waals surface area (Å²) in [4.78, 5) is 10.4. The van der Waals surface area contributed by atoms with Crippen LogP contribution in [0.25, 0.3) is 0 Å². The summed E-state index contributed by atoms with van der Waals surface area (Å²) in [5, 5.41) is 4.19. The van der Waals surface area contributed by atoms with Crippen LogP contribution >= 0.6 is 0 Å². The number of aromatic nitrogens is 2. The number of aldehydes is 1. The van der Waals surface area contributed by atoms with E-state index in [0.29, 0.717) is 0 Å². The monoisotopic (exact) mass is 180 g/mol. The third kappa shape index (κ3) is 3.01. The van der Waals surface area contributed by atoms with E-state index in [0.717, 1.165) is 31.2 Å². The Kier molecular flexibility index (Phi) is 3.68. The van der Waals surface area contributed by atoms with E-state index in [2.05, 4.69) is 12.0 Å². The van der Waals surface area contributed by atoms with E-state index in [-0.39, 0.29) is 5.92 Å². The van der Waals surface area contributed by atoms with Crippen molar-refractivity contribution in [2.45, 2.75) is 33.2 Å². The van der Waals surface area contributed by atoms with Crippen molar-refractivity contribution in [3.05, 3.63) is 18.0 Å². The lowest BCUT2D eigenvalue weighted by molar-refractivity contribution is -0.110. The van der Waals surface area contributed by atoms with E-state index in [1.807, 2.05) is 24.0 Å². The molecule has 1 heterocycles. The third-order valence-corrected chi connectivity index (χ3v) is 1.93. The van der Waals surface area contributed by atoms with Crippen molar-refractivity contribution in [1.82, 2.24) is 9.78 Å². The first-order chi connectivity index (χ1) is 6.26. The highest BCUT2D eigenvalue weighted by atomic mass is 16.1. The van der Waals surface area contributed by atoms with Gasteiger partial charge in [-0.15, -0.1) is 0 Å². The van der Waals surface area contributed by atoms with Crippen LogP contribution in [0.15, 0.2) is 12.4 Å². The fraction of sp³-hybridized carbons (Fsp3) is 0.600. The highest BCUT2D eigenvalue weighted by Gasteiger charge is 2.03. The number of nitrogens with zero attached hydrogens (tertiary/aromatic N) is 2.